The second-order valence-electron chi connectivity index (χ2n) is 6.73. The van der Waals surface area contributed by atoms with E-state index >= 15 is 0 Å². The predicted octanol–water partition coefficient (Wildman–Crippen LogP) is 2.44. The zero-order chi connectivity index (χ0) is 18.0. The molecule has 1 aromatic heterocycles. The molecule has 2 heterocycles. The summed E-state index contributed by atoms with van der Waals surface area (Å²) in [6.07, 6.45) is 0.959. The molecular weight excluding hydrogens is 386 g/mol. The maximum Gasteiger partial charge on any atom is 0.275 e. The molecule has 1 aromatic carbocycles. The zero-order valence-corrected chi connectivity index (χ0v) is 16.0. The van der Waals surface area contributed by atoms with Gasteiger partial charge in [-0.1, -0.05) is 29.8 Å². The van der Waals surface area contributed by atoms with Crippen LogP contribution in [-0.4, -0.2) is 35.4 Å². The van der Waals surface area contributed by atoms with E-state index in [1.165, 1.54) is 4.68 Å². The van der Waals surface area contributed by atoms with E-state index < -0.39 is 0 Å². The lowest BCUT2D eigenvalue weighted by atomic mass is 10.0. The summed E-state index contributed by atoms with van der Waals surface area (Å²) in [6.45, 7) is 5.99. The van der Waals surface area contributed by atoms with Crippen molar-refractivity contribution in [1.82, 2.24) is 15.1 Å². The van der Waals surface area contributed by atoms with Crippen LogP contribution in [0.1, 0.15) is 31.9 Å². The first-order valence-electron chi connectivity index (χ1n) is 8.50. The third kappa shape index (κ3) is 4.10. The summed E-state index contributed by atoms with van der Waals surface area (Å²) in [5.41, 5.74) is 0.569. The Morgan fingerprint density at radius 1 is 1.44 bits per heavy atom. The van der Waals surface area contributed by atoms with Crippen LogP contribution in [-0.2, 0) is 16.1 Å². The van der Waals surface area contributed by atoms with Crippen molar-refractivity contribution in [2.24, 2.45) is 5.92 Å². The maximum absolute atomic E-state index is 12.7. The lowest BCUT2D eigenvalue weighted by molar-refractivity contribution is -0.122. The molecule has 0 spiro atoms. The Labute approximate surface area is 154 Å². The SMILES string of the molecule is CC(C)c1nn(CC(=O)NCC2CCOC2)c(=O)c2ccc(Br)cc12. The smallest absolute Gasteiger partial charge is 0.275 e. The average molecular weight is 408 g/mol. The predicted molar refractivity (Wildman–Crippen MR) is 99.7 cm³/mol. The van der Waals surface area contributed by atoms with E-state index in [-0.39, 0.29) is 23.9 Å². The molecule has 7 heteroatoms. The van der Waals surface area contributed by atoms with Crippen LogP contribution in [0.3, 0.4) is 0 Å². The first-order chi connectivity index (χ1) is 12.0. The number of benzene rings is 1. The molecule has 0 saturated carbocycles. The minimum Gasteiger partial charge on any atom is -0.381 e. The molecule has 1 N–H and O–H groups in total. The fraction of sp³-hybridized carbons (Fsp3) is 0.500. The molecule has 6 nitrogen and oxygen atoms in total. The fourth-order valence-electron chi connectivity index (χ4n) is 3.01. The molecule has 1 atom stereocenters. The summed E-state index contributed by atoms with van der Waals surface area (Å²) in [5, 5.41) is 8.75. The number of aromatic nitrogens is 2. The molecule has 1 saturated heterocycles. The van der Waals surface area contributed by atoms with Crippen molar-refractivity contribution in [3.63, 3.8) is 0 Å². The highest BCUT2D eigenvalue weighted by atomic mass is 79.9. The van der Waals surface area contributed by atoms with E-state index in [0.717, 1.165) is 28.6 Å². The standard InChI is InChI=1S/C18H22BrN3O3/c1-11(2)17-15-7-13(19)3-4-14(15)18(24)22(21-17)9-16(23)20-8-12-5-6-25-10-12/h3-4,7,11-12H,5-6,8-10H2,1-2H3,(H,20,23). The molecule has 3 rings (SSSR count). The summed E-state index contributed by atoms with van der Waals surface area (Å²) >= 11 is 3.44. The number of fused-ring (bicyclic) bond motifs is 1. The van der Waals surface area contributed by atoms with E-state index in [0.29, 0.717) is 24.5 Å². The van der Waals surface area contributed by atoms with Gasteiger partial charge in [0.2, 0.25) is 5.91 Å². The second kappa shape index (κ2) is 7.66. The third-order valence-electron chi connectivity index (χ3n) is 4.40. The monoisotopic (exact) mass is 407 g/mol. The van der Waals surface area contributed by atoms with Gasteiger partial charge in [-0.3, -0.25) is 9.59 Å². The van der Waals surface area contributed by atoms with Crippen LogP contribution in [0.2, 0.25) is 0 Å². The summed E-state index contributed by atoms with van der Waals surface area (Å²) in [5.74, 6) is 0.295. The van der Waals surface area contributed by atoms with Crippen LogP contribution in [0.4, 0.5) is 0 Å². The molecule has 0 radical (unpaired) electrons. The number of hydrogen-bond donors (Lipinski definition) is 1. The summed E-state index contributed by atoms with van der Waals surface area (Å²) in [4.78, 5) is 24.9. The highest BCUT2D eigenvalue weighted by molar-refractivity contribution is 9.10. The van der Waals surface area contributed by atoms with Crippen LogP contribution in [0.25, 0.3) is 10.8 Å². The van der Waals surface area contributed by atoms with E-state index in [9.17, 15) is 9.59 Å². The molecule has 134 valence electrons. The Balaban J connectivity index is 1.85. The van der Waals surface area contributed by atoms with Crippen molar-refractivity contribution in [2.75, 3.05) is 19.8 Å². The lowest BCUT2D eigenvalue weighted by Gasteiger charge is -2.14. The maximum atomic E-state index is 12.7. The summed E-state index contributed by atoms with van der Waals surface area (Å²) in [7, 11) is 0. The Bertz CT molecular complexity index is 841. The number of hydrogen-bond acceptors (Lipinski definition) is 4. The summed E-state index contributed by atoms with van der Waals surface area (Å²) in [6, 6.07) is 5.52. The number of nitrogens with one attached hydrogen (secondary N) is 1. The van der Waals surface area contributed by atoms with Gasteiger partial charge in [-0.05, 0) is 30.5 Å². The fourth-order valence-corrected chi connectivity index (χ4v) is 3.37. The van der Waals surface area contributed by atoms with Gasteiger partial charge >= 0.3 is 0 Å². The molecule has 1 aliphatic heterocycles. The van der Waals surface area contributed by atoms with Crippen molar-refractivity contribution < 1.29 is 9.53 Å². The van der Waals surface area contributed by atoms with Gasteiger partial charge < -0.3 is 10.1 Å². The van der Waals surface area contributed by atoms with Crippen molar-refractivity contribution >= 4 is 32.6 Å². The number of nitrogens with zero attached hydrogens (tertiary/aromatic N) is 2. The van der Waals surface area contributed by atoms with Crippen LogP contribution in [0.15, 0.2) is 27.5 Å². The molecular formula is C18H22BrN3O3. The Morgan fingerprint density at radius 3 is 2.92 bits per heavy atom. The minimum absolute atomic E-state index is 0.0713. The summed E-state index contributed by atoms with van der Waals surface area (Å²) < 4.78 is 7.47. The van der Waals surface area contributed by atoms with E-state index in [4.69, 9.17) is 4.74 Å². The average Bonchev–Trinajstić information content (AvgIpc) is 3.08. The van der Waals surface area contributed by atoms with E-state index in [1.807, 2.05) is 26.0 Å². The first kappa shape index (κ1) is 18.1. The van der Waals surface area contributed by atoms with Crippen LogP contribution in [0, 0.1) is 5.92 Å². The largest absolute Gasteiger partial charge is 0.381 e. The minimum atomic E-state index is -0.244. The van der Waals surface area contributed by atoms with Gasteiger partial charge in [-0.25, -0.2) is 4.68 Å². The number of halogens is 1. The number of amides is 1. The molecule has 1 fully saturated rings. The van der Waals surface area contributed by atoms with Gasteiger partial charge in [0.1, 0.15) is 6.54 Å². The number of carbonyl (C=O) groups excluding carboxylic acids is 1. The Kier molecular flexibility index (Phi) is 5.54. The normalized spacial score (nSPS) is 17.4. The lowest BCUT2D eigenvalue weighted by Crippen LogP contribution is -2.36. The Hall–Kier alpha value is -1.73. The van der Waals surface area contributed by atoms with Crippen molar-refractivity contribution in [3.8, 4) is 0 Å². The van der Waals surface area contributed by atoms with E-state index in [2.05, 4.69) is 26.3 Å². The van der Waals surface area contributed by atoms with Gasteiger partial charge in [0.05, 0.1) is 17.7 Å². The molecule has 1 unspecified atom stereocenters. The van der Waals surface area contributed by atoms with Crippen molar-refractivity contribution in [1.29, 1.82) is 0 Å². The molecule has 1 aliphatic rings. The molecule has 25 heavy (non-hydrogen) atoms. The molecule has 1 amide bonds. The second-order valence-corrected chi connectivity index (χ2v) is 7.64. The molecule has 2 aromatic rings. The molecule has 0 aliphatic carbocycles. The van der Waals surface area contributed by atoms with Crippen LogP contribution >= 0.6 is 15.9 Å². The van der Waals surface area contributed by atoms with Crippen molar-refractivity contribution in [2.45, 2.75) is 32.7 Å². The van der Waals surface area contributed by atoms with Gasteiger partial charge in [-0.2, -0.15) is 5.10 Å². The highest BCUT2D eigenvalue weighted by Crippen LogP contribution is 2.24. The van der Waals surface area contributed by atoms with Crippen LogP contribution in [0.5, 0.6) is 0 Å². The van der Waals surface area contributed by atoms with E-state index in [1.54, 1.807) is 6.07 Å². The van der Waals surface area contributed by atoms with Crippen LogP contribution < -0.4 is 10.9 Å². The zero-order valence-electron chi connectivity index (χ0n) is 14.4. The van der Waals surface area contributed by atoms with Gasteiger partial charge in [0, 0.05) is 28.9 Å². The van der Waals surface area contributed by atoms with Crippen molar-refractivity contribution in [3.05, 3.63) is 38.7 Å². The third-order valence-corrected chi connectivity index (χ3v) is 4.90. The topological polar surface area (TPSA) is 73.2 Å². The highest BCUT2D eigenvalue weighted by Gasteiger charge is 2.18. The number of carbonyl (C=O) groups is 1. The number of rotatable bonds is 5. The van der Waals surface area contributed by atoms with Gasteiger partial charge in [-0.15, -0.1) is 0 Å². The first-order valence-corrected chi connectivity index (χ1v) is 9.29. The number of ether oxygens (including phenoxy) is 1. The molecule has 0 bridgehead atoms. The van der Waals surface area contributed by atoms with Gasteiger partial charge in [0.25, 0.3) is 5.56 Å². The Morgan fingerprint density at radius 2 is 2.24 bits per heavy atom. The quantitative estimate of drug-likeness (QED) is 0.825. The van der Waals surface area contributed by atoms with Gasteiger partial charge in [0.15, 0.2) is 0 Å².